The van der Waals surface area contributed by atoms with Crippen molar-refractivity contribution in [3.63, 3.8) is 0 Å². The summed E-state index contributed by atoms with van der Waals surface area (Å²) in [6.07, 6.45) is 1.78. The maximum atomic E-state index is 12.2. The van der Waals surface area contributed by atoms with Gasteiger partial charge in [0.2, 0.25) is 0 Å². The summed E-state index contributed by atoms with van der Waals surface area (Å²) in [5, 5.41) is 4.76. The molecule has 0 saturated carbocycles. The molecule has 2 aromatic carbocycles. The van der Waals surface area contributed by atoms with Crippen LogP contribution in [-0.2, 0) is 16.8 Å². The number of nitrogens with one attached hydrogen (secondary N) is 1. The smallest absolute Gasteiger partial charge is 0.336 e. The van der Waals surface area contributed by atoms with Crippen LogP contribution in [0.2, 0.25) is 0 Å². The Morgan fingerprint density at radius 2 is 1.89 bits per heavy atom. The minimum Gasteiger partial charge on any atom is -0.422 e. The highest BCUT2D eigenvalue weighted by Crippen LogP contribution is 2.34. The van der Waals surface area contributed by atoms with Gasteiger partial charge in [-0.2, -0.15) is 0 Å². The van der Waals surface area contributed by atoms with Gasteiger partial charge in [-0.15, -0.1) is 0 Å². The summed E-state index contributed by atoms with van der Waals surface area (Å²) >= 11 is 3.59. The zero-order valence-electron chi connectivity index (χ0n) is 16.2. The Morgan fingerprint density at radius 1 is 1.11 bits per heavy atom. The maximum absolute atomic E-state index is 12.2. The van der Waals surface area contributed by atoms with E-state index in [1.165, 1.54) is 5.56 Å². The van der Waals surface area contributed by atoms with Crippen LogP contribution in [0.5, 0.6) is 0 Å². The van der Waals surface area contributed by atoms with E-state index in [0.717, 1.165) is 52.6 Å². The first-order valence-corrected chi connectivity index (χ1v) is 10.4. The summed E-state index contributed by atoms with van der Waals surface area (Å²) in [5.74, 6) is 0. The summed E-state index contributed by atoms with van der Waals surface area (Å²) in [7, 11) is 0. The van der Waals surface area contributed by atoms with Crippen molar-refractivity contribution in [1.82, 2.24) is 5.32 Å². The molecule has 1 saturated heterocycles. The minimum atomic E-state index is -0.304. The van der Waals surface area contributed by atoms with Crippen molar-refractivity contribution in [2.24, 2.45) is 0 Å². The molecule has 0 atom stereocenters. The van der Waals surface area contributed by atoms with Crippen molar-refractivity contribution in [3.05, 3.63) is 79.6 Å². The van der Waals surface area contributed by atoms with Gasteiger partial charge >= 0.3 is 5.63 Å². The molecule has 2 heterocycles. The number of fused-ring (bicyclic) bond motifs is 1. The van der Waals surface area contributed by atoms with Crippen LogP contribution in [0.4, 0.5) is 0 Å². The van der Waals surface area contributed by atoms with E-state index in [0.29, 0.717) is 12.1 Å². The van der Waals surface area contributed by atoms with Crippen LogP contribution < -0.4 is 10.9 Å². The van der Waals surface area contributed by atoms with Crippen molar-refractivity contribution < 1.29 is 9.15 Å². The van der Waals surface area contributed by atoms with Gasteiger partial charge in [0, 0.05) is 41.2 Å². The lowest BCUT2D eigenvalue weighted by atomic mass is 9.82. The summed E-state index contributed by atoms with van der Waals surface area (Å²) < 4.78 is 12.2. The largest absolute Gasteiger partial charge is 0.422 e. The third kappa shape index (κ3) is 3.66. The third-order valence-corrected chi connectivity index (χ3v) is 6.35. The molecule has 1 aromatic heterocycles. The Balaban J connectivity index is 1.72. The van der Waals surface area contributed by atoms with Crippen molar-refractivity contribution in [2.45, 2.75) is 38.8 Å². The van der Waals surface area contributed by atoms with Gasteiger partial charge in [-0.05, 0) is 61.1 Å². The van der Waals surface area contributed by atoms with Crippen molar-refractivity contribution >= 4 is 26.9 Å². The average molecular weight is 442 g/mol. The maximum Gasteiger partial charge on any atom is 0.336 e. The Morgan fingerprint density at radius 3 is 2.64 bits per heavy atom. The molecule has 1 aliphatic heterocycles. The van der Waals surface area contributed by atoms with Gasteiger partial charge in [0.15, 0.2) is 0 Å². The average Bonchev–Trinajstić information content (AvgIpc) is 2.70. The fourth-order valence-corrected chi connectivity index (χ4v) is 4.41. The molecule has 1 N–H and O–H groups in total. The Kier molecular flexibility index (Phi) is 5.41. The summed E-state index contributed by atoms with van der Waals surface area (Å²) in [6.45, 7) is 6.06. The van der Waals surface area contributed by atoms with Gasteiger partial charge in [0.1, 0.15) is 5.58 Å². The molecule has 5 heteroatoms. The second-order valence-corrected chi connectivity index (χ2v) is 8.45. The molecule has 0 aliphatic carbocycles. The van der Waals surface area contributed by atoms with Crippen LogP contribution in [-0.4, -0.2) is 13.2 Å². The van der Waals surface area contributed by atoms with Crippen LogP contribution in [0.25, 0.3) is 11.0 Å². The van der Waals surface area contributed by atoms with Crippen LogP contribution in [0, 0.1) is 13.8 Å². The number of aryl methyl sites for hydroxylation is 2. The van der Waals surface area contributed by atoms with Crippen molar-refractivity contribution in [2.75, 3.05) is 13.2 Å². The van der Waals surface area contributed by atoms with Gasteiger partial charge in [-0.3, -0.25) is 0 Å². The van der Waals surface area contributed by atoms with E-state index in [2.05, 4.69) is 45.5 Å². The lowest BCUT2D eigenvalue weighted by Gasteiger charge is -2.39. The predicted molar refractivity (Wildman–Crippen MR) is 115 cm³/mol. The van der Waals surface area contributed by atoms with Gasteiger partial charge in [0.05, 0.1) is 0 Å². The zero-order valence-corrected chi connectivity index (χ0v) is 17.8. The molecule has 4 rings (SSSR count). The van der Waals surface area contributed by atoms with E-state index < -0.39 is 0 Å². The summed E-state index contributed by atoms with van der Waals surface area (Å²) in [5.41, 5.74) is 4.55. The van der Waals surface area contributed by atoms with Gasteiger partial charge < -0.3 is 14.5 Å². The molecule has 1 fully saturated rings. The van der Waals surface area contributed by atoms with E-state index in [4.69, 9.17) is 9.15 Å². The lowest BCUT2D eigenvalue weighted by Crippen LogP contribution is -2.46. The monoisotopic (exact) mass is 441 g/mol. The molecule has 0 amide bonds. The van der Waals surface area contributed by atoms with Crippen LogP contribution in [0.1, 0.15) is 35.1 Å². The molecule has 28 heavy (non-hydrogen) atoms. The number of hydrogen-bond acceptors (Lipinski definition) is 4. The van der Waals surface area contributed by atoms with Crippen LogP contribution >= 0.6 is 15.9 Å². The van der Waals surface area contributed by atoms with E-state index in [1.54, 1.807) is 6.07 Å². The lowest BCUT2D eigenvalue weighted by molar-refractivity contribution is 0.0358. The predicted octanol–water partition coefficient (Wildman–Crippen LogP) is 4.97. The minimum absolute atomic E-state index is 0.176. The molecular weight excluding hydrogens is 418 g/mol. The van der Waals surface area contributed by atoms with E-state index in [-0.39, 0.29) is 11.2 Å². The number of benzene rings is 2. The first kappa shape index (κ1) is 19.4. The normalized spacial score (nSPS) is 16.4. The second-order valence-electron chi connectivity index (χ2n) is 7.53. The number of rotatable bonds is 4. The molecule has 4 nitrogen and oxygen atoms in total. The van der Waals surface area contributed by atoms with E-state index >= 15 is 0 Å². The molecule has 1 aliphatic rings. The van der Waals surface area contributed by atoms with Crippen molar-refractivity contribution in [1.29, 1.82) is 0 Å². The molecule has 0 unspecified atom stereocenters. The zero-order chi connectivity index (χ0) is 19.7. The summed E-state index contributed by atoms with van der Waals surface area (Å²) in [4.78, 5) is 12.2. The standard InChI is InChI=1S/C23H24BrNO3/c1-15-6-7-20-17(12-21(26)28-22(20)16(15)2)14-25-23(8-10-27-11-9-23)18-4-3-5-19(24)13-18/h3-7,12-13,25H,8-11,14H2,1-2H3. The molecule has 3 aromatic rings. The molecule has 0 spiro atoms. The van der Waals surface area contributed by atoms with Gasteiger partial charge in [-0.1, -0.05) is 40.2 Å². The third-order valence-electron chi connectivity index (χ3n) is 5.86. The molecular formula is C23H24BrNO3. The fraction of sp³-hybridized carbons (Fsp3) is 0.348. The quantitative estimate of drug-likeness (QED) is 0.580. The van der Waals surface area contributed by atoms with Gasteiger partial charge in [-0.25, -0.2) is 4.79 Å². The molecule has 0 radical (unpaired) electrons. The van der Waals surface area contributed by atoms with Gasteiger partial charge in [0.25, 0.3) is 0 Å². The van der Waals surface area contributed by atoms with E-state index in [9.17, 15) is 4.79 Å². The number of ether oxygens (including phenoxy) is 1. The first-order chi connectivity index (χ1) is 13.5. The highest BCUT2D eigenvalue weighted by molar-refractivity contribution is 9.10. The number of hydrogen-bond donors (Lipinski definition) is 1. The Labute approximate surface area is 173 Å². The molecule has 146 valence electrons. The fourth-order valence-electron chi connectivity index (χ4n) is 4.01. The highest BCUT2D eigenvalue weighted by atomic mass is 79.9. The first-order valence-electron chi connectivity index (χ1n) is 9.60. The van der Waals surface area contributed by atoms with Crippen LogP contribution in [0.15, 0.2) is 56.1 Å². The van der Waals surface area contributed by atoms with E-state index in [1.807, 2.05) is 26.0 Å². The topological polar surface area (TPSA) is 51.5 Å². The summed E-state index contributed by atoms with van der Waals surface area (Å²) in [6, 6.07) is 14.2. The SMILES string of the molecule is Cc1ccc2c(CNC3(c4cccc(Br)c4)CCOCC3)cc(=O)oc2c1C. The number of halogens is 1. The Hall–Kier alpha value is -1.95. The highest BCUT2D eigenvalue weighted by Gasteiger charge is 2.34. The Bertz CT molecular complexity index is 1070. The second kappa shape index (κ2) is 7.82. The van der Waals surface area contributed by atoms with Crippen LogP contribution in [0.3, 0.4) is 0 Å². The van der Waals surface area contributed by atoms with Crippen molar-refractivity contribution in [3.8, 4) is 0 Å². The molecule has 0 bridgehead atoms.